The van der Waals surface area contributed by atoms with Crippen LogP contribution in [0.15, 0.2) is 53.4 Å². The van der Waals surface area contributed by atoms with Crippen molar-refractivity contribution in [2.45, 2.75) is 18.4 Å². The minimum atomic E-state index is -3.70. The summed E-state index contributed by atoms with van der Waals surface area (Å²) in [5.41, 5.74) is 1.82. The lowest BCUT2D eigenvalue weighted by atomic mass is 10.2. The van der Waals surface area contributed by atoms with Crippen molar-refractivity contribution in [2.24, 2.45) is 5.14 Å². The largest absolute Gasteiger partial charge is 0.484 e. The molecule has 7 heteroatoms. The number of hydrogen-bond donors (Lipinski definition) is 2. The number of rotatable bonds is 6. The molecule has 0 heterocycles. The minimum Gasteiger partial charge on any atom is -0.484 e. The Balaban J connectivity index is 1.82. The van der Waals surface area contributed by atoms with Gasteiger partial charge in [0.1, 0.15) is 5.75 Å². The van der Waals surface area contributed by atoms with E-state index in [1.54, 1.807) is 18.2 Å². The Morgan fingerprint density at radius 3 is 2.48 bits per heavy atom. The molecular weight excluding hydrogens is 316 g/mol. The van der Waals surface area contributed by atoms with Gasteiger partial charge in [-0.05, 0) is 42.3 Å². The van der Waals surface area contributed by atoms with E-state index >= 15 is 0 Å². The van der Waals surface area contributed by atoms with Crippen LogP contribution in [0.4, 0.5) is 0 Å². The highest BCUT2D eigenvalue weighted by Gasteiger charge is 2.07. The first-order chi connectivity index (χ1) is 10.8. The van der Waals surface area contributed by atoms with Gasteiger partial charge < -0.3 is 10.1 Å². The number of hydrogen-bond acceptors (Lipinski definition) is 4. The molecule has 0 unspecified atom stereocenters. The van der Waals surface area contributed by atoms with E-state index in [0.717, 1.165) is 11.1 Å². The van der Waals surface area contributed by atoms with Crippen molar-refractivity contribution in [3.8, 4) is 5.75 Å². The SMILES string of the molecule is Cc1cccc(OCC(=O)NCc2ccc(S(N)(=O)=O)cc2)c1. The fourth-order valence-electron chi connectivity index (χ4n) is 1.90. The maximum absolute atomic E-state index is 11.7. The molecule has 2 aromatic rings. The van der Waals surface area contributed by atoms with Gasteiger partial charge in [-0.15, -0.1) is 0 Å². The number of aryl methyl sites for hydroxylation is 1. The van der Waals surface area contributed by atoms with Crippen molar-refractivity contribution < 1.29 is 17.9 Å². The highest BCUT2D eigenvalue weighted by atomic mass is 32.2. The third kappa shape index (κ3) is 5.39. The Hall–Kier alpha value is -2.38. The lowest BCUT2D eigenvalue weighted by Gasteiger charge is -2.08. The van der Waals surface area contributed by atoms with Gasteiger partial charge in [-0.1, -0.05) is 24.3 Å². The first kappa shape index (κ1) is 17.0. The summed E-state index contributed by atoms with van der Waals surface area (Å²) < 4.78 is 27.7. The monoisotopic (exact) mass is 334 g/mol. The van der Waals surface area contributed by atoms with E-state index < -0.39 is 10.0 Å². The van der Waals surface area contributed by atoms with E-state index in [1.165, 1.54) is 12.1 Å². The molecule has 0 radical (unpaired) electrons. The average molecular weight is 334 g/mol. The Morgan fingerprint density at radius 2 is 1.87 bits per heavy atom. The van der Waals surface area contributed by atoms with Gasteiger partial charge in [0.15, 0.2) is 6.61 Å². The topological polar surface area (TPSA) is 98.5 Å². The number of primary sulfonamides is 1. The van der Waals surface area contributed by atoms with Gasteiger partial charge in [0.05, 0.1) is 4.90 Å². The second-order valence-electron chi connectivity index (χ2n) is 5.07. The Kier molecular flexibility index (Phi) is 5.36. The van der Waals surface area contributed by atoms with Gasteiger partial charge >= 0.3 is 0 Å². The minimum absolute atomic E-state index is 0.0374. The van der Waals surface area contributed by atoms with E-state index in [2.05, 4.69) is 5.32 Å². The van der Waals surface area contributed by atoms with E-state index in [-0.39, 0.29) is 24.0 Å². The predicted molar refractivity (Wildman–Crippen MR) is 86.3 cm³/mol. The van der Waals surface area contributed by atoms with Crippen LogP contribution in [0, 0.1) is 6.92 Å². The van der Waals surface area contributed by atoms with Crippen LogP contribution >= 0.6 is 0 Å². The number of nitrogens with two attached hydrogens (primary N) is 1. The summed E-state index contributed by atoms with van der Waals surface area (Å²) in [7, 11) is -3.70. The zero-order chi connectivity index (χ0) is 16.9. The van der Waals surface area contributed by atoms with Crippen LogP contribution in [0.5, 0.6) is 5.75 Å². The smallest absolute Gasteiger partial charge is 0.258 e. The second kappa shape index (κ2) is 7.26. The first-order valence-electron chi connectivity index (χ1n) is 6.92. The zero-order valence-electron chi connectivity index (χ0n) is 12.7. The molecule has 0 aliphatic rings. The molecule has 23 heavy (non-hydrogen) atoms. The van der Waals surface area contributed by atoms with Gasteiger partial charge in [-0.2, -0.15) is 0 Å². The molecule has 1 amide bonds. The lowest BCUT2D eigenvalue weighted by molar-refractivity contribution is -0.123. The fraction of sp³-hybridized carbons (Fsp3) is 0.188. The molecule has 6 nitrogen and oxygen atoms in total. The first-order valence-corrected chi connectivity index (χ1v) is 8.47. The van der Waals surface area contributed by atoms with E-state index in [1.807, 2.05) is 25.1 Å². The quantitative estimate of drug-likeness (QED) is 0.833. The highest BCUT2D eigenvalue weighted by Crippen LogP contribution is 2.12. The molecular formula is C16H18N2O4S. The second-order valence-corrected chi connectivity index (χ2v) is 6.63. The molecule has 0 bridgehead atoms. The van der Waals surface area contributed by atoms with Crippen LogP contribution in [-0.2, 0) is 21.4 Å². The van der Waals surface area contributed by atoms with Crippen LogP contribution < -0.4 is 15.2 Å². The predicted octanol–water partition coefficient (Wildman–Crippen LogP) is 1.34. The molecule has 0 fully saturated rings. The lowest BCUT2D eigenvalue weighted by Crippen LogP contribution is -2.28. The van der Waals surface area contributed by atoms with Gasteiger partial charge in [0.25, 0.3) is 5.91 Å². The highest BCUT2D eigenvalue weighted by molar-refractivity contribution is 7.89. The summed E-state index contributed by atoms with van der Waals surface area (Å²) in [4.78, 5) is 11.8. The zero-order valence-corrected chi connectivity index (χ0v) is 13.5. The molecule has 0 atom stereocenters. The number of amides is 1. The van der Waals surface area contributed by atoms with Gasteiger partial charge in [-0.25, -0.2) is 13.6 Å². The van der Waals surface area contributed by atoms with Crippen molar-refractivity contribution in [2.75, 3.05) is 6.61 Å². The summed E-state index contributed by atoms with van der Waals surface area (Å²) in [6.45, 7) is 2.14. The van der Waals surface area contributed by atoms with Crippen LogP contribution in [0.1, 0.15) is 11.1 Å². The standard InChI is InChI=1S/C16H18N2O4S/c1-12-3-2-4-14(9-12)22-11-16(19)18-10-13-5-7-15(8-6-13)23(17,20)21/h2-9H,10-11H2,1H3,(H,18,19)(H2,17,20,21). The molecule has 2 aromatic carbocycles. The summed E-state index contributed by atoms with van der Waals surface area (Å²) >= 11 is 0. The van der Waals surface area contributed by atoms with E-state index in [0.29, 0.717) is 5.75 Å². The van der Waals surface area contributed by atoms with Crippen molar-refractivity contribution in [3.05, 3.63) is 59.7 Å². The molecule has 0 aromatic heterocycles. The van der Waals surface area contributed by atoms with Gasteiger partial charge in [0, 0.05) is 6.54 Å². The molecule has 0 saturated heterocycles. The van der Waals surface area contributed by atoms with Gasteiger partial charge in [-0.3, -0.25) is 4.79 Å². The van der Waals surface area contributed by atoms with Crippen LogP contribution in [-0.4, -0.2) is 20.9 Å². The van der Waals surface area contributed by atoms with Crippen molar-refractivity contribution in [3.63, 3.8) is 0 Å². The molecule has 3 N–H and O–H groups in total. The fourth-order valence-corrected chi connectivity index (χ4v) is 2.42. The van der Waals surface area contributed by atoms with Crippen LogP contribution in [0.25, 0.3) is 0 Å². The van der Waals surface area contributed by atoms with E-state index in [9.17, 15) is 13.2 Å². The van der Waals surface area contributed by atoms with Crippen LogP contribution in [0.2, 0.25) is 0 Å². The molecule has 0 spiro atoms. The molecule has 122 valence electrons. The molecule has 0 aliphatic heterocycles. The summed E-state index contributed by atoms with van der Waals surface area (Å²) in [5.74, 6) is 0.375. The maximum atomic E-state index is 11.7. The Bertz CT molecular complexity index is 786. The summed E-state index contributed by atoms with van der Waals surface area (Å²) in [5, 5.41) is 7.72. The number of benzene rings is 2. The summed E-state index contributed by atoms with van der Waals surface area (Å²) in [6.07, 6.45) is 0. The number of carbonyl (C=O) groups is 1. The van der Waals surface area contributed by atoms with Crippen molar-refractivity contribution in [1.29, 1.82) is 0 Å². The maximum Gasteiger partial charge on any atom is 0.258 e. The number of ether oxygens (including phenoxy) is 1. The third-order valence-corrected chi connectivity index (χ3v) is 4.03. The van der Waals surface area contributed by atoms with Crippen molar-refractivity contribution in [1.82, 2.24) is 5.32 Å². The normalized spacial score (nSPS) is 11.0. The van der Waals surface area contributed by atoms with Gasteiger partial charge in [0.2, 0.25) is 10.0 Å². The molecule has 0 saturated carbocycles. The number of sulfonamides is 1. The number of carbonyl (C=O) groups excluding carboxylic acids is 1. The number of nitrogens with one attached hydrogen (secondary N) is 1. The summed E-state index contributed by atoms with van der Waals surface area (Å²) in [6, 6.07) is 13.4. The Morgan fingerprint density at radius 1 is 1.17 bits per heavy atom. The molecule has 0 aliphatic carbocycles. The van der Waals surface area contributed by atoms with E-state index in [4.69, 9.17) is 9.88 Å². The van der Waals surface area contributed by atoms with Crippen LogP contribution in [0.3, 0.4) is 0 Å². The Labute approximate surface area is 135 Å². The average Bonchev–Trinajstić information content (AvgIpc) is 2.50. The third-order valence-electron chi connectivity index (χ3n) is 3.10. The molecule has 2 rings (SSSR count). The van der Waals surface area contributed by atoms with Crippen molar-refractivity contribution >= 4 is 15.9 Å².